The summed E-state index contributed by atoms with van der Waals surface area (Å²) >= 11 is 6.09. The molecule has 0 spiro atoms. The molecule has 0 bridgehead atoms. The topological polar surface area (TPSA) is 105 Å². The van der Waals surface area contributed by atoms with Gasteiger partial charge >= 0.3 is 5.97 Å². The summed E-state index contributed by atoms with van der Waals surface area (Å²) < 4.78 is 16.1. The summed E-state index contributed by atoms with van der Waals surface area (Å²) in [5.74, 6) is -0.539. The summed E-state index contributed by atoms with van der Waals surface area (Å²) in [7, 11) is 0. The third kappa shape index (κ3) is 9.87. The molecular weight excluding hydrogens is 486 g/mol. The number of likely N-dealkylation sites (N-methyl/N-ethyl adjacent to an activating group) is 1. The number of pyridine rings is 1. The second-order valence-electron chi connectivity index (χ2n) is 7.84. The zero-order valence-electron chi connectivity index (χ0n) is 21.6. The van der Waals surface area contributed by atoms with Crippen molar-refractivity contribution in [2.24, 2.45) is 0 Å². The molecule has 0 saturated heterocycles. The van der Waals surface area contributed by atoms with Crippen LogP contribution in [0.1, 0.15) is 34.1 Å². The van der Waals surface area contributed by atoms with E-state index in [0.717, 1.165) is 16.6 Å². The average Bonchev–Trinajstić information content (AvgIpc) is 2.85. The van der Waals surface area contributed by atoms with Crippen molar-refractivity contribution < 1.29 is 23.8 Å². The van der Waals surface area contributed by atoms with Crippen LogP contribution < -0.4 is 10.7 Å². The number of hydrazine groups is 1. The number of benzene rings is 1. The Balaban J connectivity index is 2.02. The monoisotopic (exact) mass is 523 g/mol. The van der Waals surface area contributed by atoms with Gasteiger partial charge in [-0.1, -0.05) is 11.6 Å². The minimum absolute atomic E-state index is 0.0220. The molecule has 36 heavy (non-hydrogen) atoms. The fourth-order valence-corrected chi connectivity index (χ4v) is 3.72. The fraction of sp³-hybridized carbons (Fsp3) is 0.560. The summed E-state index contributed by atoms with van der Waals surface area (Å²) in [6.45, 7) is 10.4. The lowest BCUT2D eigenvalue weighted by Gasteiger charge is -2.28. The van der Waals surface area contributed by atoms with Crippen LogP contribution in [0.5, 0.6) is 0 Å². The summed E-state index contributed by atoms with van der Waals surface area (Å²) in [6.07, 6.45) is 1.86. The number of anilines is 1. The molecular formula is C25H38ClN5O5. The Morgan fingerprint density at radius 1 is 1.06 bits per heavy atom. The first-order valence-electron chi connectivity index (χ1n) is 12.4. The van der Waals surface area contributed by atoms with Crippen molar-refractivity contribution in [2.45, 2.75) is 40.5 Å². The summed E-state index contributed by atoms with van der Waals surface area (Å²) in [6, 6.07) is 7.23. The van der Waals surface area contributed by atoms with Gasteiger partial charge < -0.3 is 14.2 Å². The highest BCUT2D eigenvalue weighted by molar-refractivity contribution is 6.31. The van der Waals surface area contributed by atoms with E-state index in [4.69, 9.17) is 25.8 Å². The normalized spacial score (nSPS) is 11.3. The van der Waals surface area contributed by atoms with Crippen molar-refractivity contribution in [3.05, 3.63) is 35.5 Å². The van der Waals surface area contributed by atoms with Crippen molar-refractivity contribution in [1.82, 2.24) is 20.2 Å². The number of fused-ring (bicyclic) bond motifs is 1. The minimum atomic E-state index is -0.481. The molecule has 2 N–H and O–H groups in total. The lowest BCUT2D eigenvalue weighted by molar-refractivity contribution is -0.155. The number of aromatic nitrogens is 1. The van der Waals surface area contributed by atoms with E-state index in [0.29, 0.717) is 44.3 Å². The van der Waals surface area contributed by atoms with Gasteiger partial charge in [-0.25, -0.2) is 0 Å². The second-order valence-corrected chi connectivity index (χ2v) is 8.27. The summed E-state index contributed by atoms with van der Waals surface area (Å²) in [4.78, 5) is 31.5. The third-order valence-electron chi connectivity index (χ3n) is 5.19. The van der Waals surface area contributed by atoms with Crippen molar-refractivity contribution in [3.63, 3.8) is 0 Å². The van der Waals surface area contributed by atoms with E-state index in [9.17, 15) is 9.59 Å². The van der Waals surface area contributed by atoms with Crippen LogP contribution in [0.15, 0.2) is 30.5 Å². The van der Waals surface area contributed by atoms with Gasteiger partial charge in [0.25, 0.3) is 5.91 Å². The van der Waals surface area contributed by atoms with Gasteiger partial charge in [-0.2, -0.15) is 0 Å². The highest BCUT2D eigenvalue weighted by Crippen LogP contribution is 2.24. The minimum Gasteiger partial charge on any atom is -0.465 e. The Labute approximate surface area is 218 Å². The summed E-state index contributed by atoms with van der Waals surface area (Å²) in [5.41, 5.74) is 4.67. The molecule has 11 heteroatoms. The molecule has 2 aromatic rings. The number of halogens is 1. The molecule has 10 nitrogen and oxygen atoms in total. The third-order valence-corrected chi connectivity index (χ3v) is 5.43. The first kappa shape index (κ1) is 29.7. The van der Waals surface area contributed by atoms with Gasteiger partial charge in [0.15, 0.2) is 0 Å². The Bertz CT molecular complexity index is 958. The number of amides is 1. The van der Waals surface area contributed by atoms with Crippen LogP contribution in [0.25, 0.3) is 10.9 Å². The number of rotatable bonds is 17. The van der Waals surface area contributed by atoms with E-state index in [-0.39, 0.29) is 31.6 Å². The SMILES string of the molecule is CCOC(=O)CN(CCCNC(OCC)OCC)CC(=O)N(CC)Nc1ccnc2cc(Cl)ccc12. The van der Waals surface area contributed by atoms with E-state index >= 15 is 0 Å². The van der Waals surface area contributed by atoms with Gasteiger partial charge in [0, 0.05) is 49.5 Å². The number of nitrogens with one attached hydrogen (secondary N) is 2. The largest absolute Gasteiger partial charge is 0.465 e. The van der Waals surface area contributed by atoms with E-state index in [1.165, 1.54) is 5.01 Å². The van der Waals surface area contributed by atoms with Gasteiger partial charge in [0.2, 0.25) is 6.41 Å². The van der Waals surface area contributed by atoms with Gasteiger partial charge in [-0.15, -0.1) is 0 Å². The maximum absolute atomic E-state index is 13.2. The maximum atomic E-state index is 13.2. The smallest absolute Gasteiger partial charge is 0.320 e. The molecule has 0 unspecified atom stereocenters. The molecule has 1 aromatic carbocycles. The maximum Gasteiger partial charge on any atom is 0.320 e. The van der Waals surface area contributed by atoms with Crippen LogP contribution in [0.3, 0.4) is 0 Å². The number of hydrogen-bond acceptors (Lipinski definition) is 9. The molecule has 0 aliphatic carbocycles. The Morgan fingerprint density at radius 2 is 1.81 bits per heavy atom. The van der Waals surface area contributed by atoms with Crippen LogP contribution in [-0.2, 0) is 23.8 Å². The molecule has 0 radical (unpaired) electrons. The van der Waals surface area contributed by atoms with Gasteiger partial charge in [0.05, 0.1) is 30.9 Å². The Morgan fingerprint density at radius 3 is 2.47 bits per heavy atom. The van der Waals surface area contributed by atoms with Crippen molar-refractivity contribution in [3.8, 4) is 0 Å². The van der Waals surface area contributed by atoms with E-state index in [1.54, 1.807) is 36.2 Å². The van der Waals surface area contributed by atoms with Crippen LogP contribution in [0.4, 0.5) is 5.69 Å². The fourth-order valence-electron chi connectivity index (χ4n) is 3.55. The predicted octanol–water partition coefficient (Wildman–Crippen LogP) is 3.27. The van der Waals surface area contributed by atoms with Crippen LogP contribution in [0.2, 0.25) is 5.02 Å². The number of esters is 1. The van der Waals surface area contributed by atoms with Gasteiger partial charge in [0.1, 0.15) is 0 Å². The molecule has 0 atom stereocenters. The Kier molecular flexibility index (Phi) is 13.4. The van der Waals surface area contributed by atoms with Crippen molar-refractivity contribution in [1.29, 1.82) is 0 Å². The second kappa shape index (κ2) is 16.3. The van der Waals surface area contributed by atoms with Crippen molar-refractivity contribution >= 4 is 40.1 Å². The van der Waals surface area contributed by atoms with Crippen LogP contribution >= 0.6 is 11.6 Å². The lowest BCUT2D eigenvalue weighted by atomic mass is 10.2. The zero-order valence-corrected chi connectivity index (χ0v) is 22.3. The summed E-state index contributed by atoms with van der Waals surface area (Å²) in [5, 5.41) is 6.15. The van der Waals surface area contributed by atoms with E-state index in [1.807, 2.05) is 26.8 Å². The highest BCUT2D eigenvalue weighted by atomic mass is 35.5. The first-order valence-corrected chi connectivity index (χ1v) is 12.7. The molecule has 1 heterocycles. The Hall–Kier alpha value is -2.50. The number of hydrogen-bond donors (Lipinski definition) is 2. The number of ether oxygens (including phenoxy) is 3. The van der Waals surface area contributed by atoms with Gasteiger partial charge in [-0.3, -0.25) is 35.2 Å². The van der Waals surface area contributed by atoms with Gasteiger partial charge in [-0.05, 0) is 58.4 Å². The van der Waals surface area contributed by atoms with Crippen LogP contribution in [-0.4, -0.2) is 85.7 Å². The number of carbonyl (C=O) groups excluding carboxylic acids is 2. The molecule has 200 valence electrons. The van der Waals surface area contributed by atoms with Crippen molar-refractivity contribution in [2.75, 3.05) is 58.0 Å². The lowest BCUT2D eigenvalue weighted by Crippen LogP contribution is -2.45. The van der Waals surface area contributed by atoms with E-state index in [2.05, 4.69) is 15.7 Å². The standard InChI is InChI=1S/C25H38ClN5O5/c1-5-31(29-21-12-14-27-22-16-19(26)10-11-20(21)22)23(32)17-30(18-24(33)34-6-2)15-9-13-28-25(35-7-3)36-8-4/h10-12,14,16,25,28H,5-9,13,15,17-18H2,1-4H3,(H,27,29). The molecule has 0 saturated carbocycles. The molecule has 1 aromatic heterocycles. The molecule has 2 rings (SSSR count). The number of nitrogens with zero attached hydrogens (tertiary/aromatic N) is 3. The van der Waals surface area contributed by atoms with E-state index < -0.39 is 6.41 Å². The average molecular weight is 524 g/mol. The molecule has 1 amide bonds. The molecule has 0 fully saturated rings. The molecule has 0 aliphatic rings. The molecule has 0 aliphatic heterocycles. The van der Waals surface area contributed by atoms with Crippen LogP contribution in [0, 0.1) is 0 Å². The zero-order chi connectivity index (χ0) is 26.3. The number of carbonyl (C=O) groups is 2. The predicted molar refractivity (Wildman–Crippen MR) is 140 cm³/mol. The highest BCUT2D eigenvalue weighted by Gasteiger charge is 2.20. The quantitative estimate of drug-likeness (QED) is 0.140. The first-order chi connectivity index (χ1) is 17.4.